The van der Waals surface area contributed by atoms with Crippen LogP contribution >= 0.6 is 27.3 Å². The summed E-state index contributed by atoms with van der Waals surface area (Å²) in [7, 11) is 0. The zero-order valence-corrected chi connectivity index (χ0v) is 10.9. The first-order chi connectivity index (χ1) is 8.27. The average molecular weight is 311 g/mol. The van der Waals surface area contributed by atoms with Gasteiger partial charge in [-0.15, -0.1) is 0 Å². The molecular formula is C10H7BrN4OS. The first-order valence-electron chi connectivity index (χ1n) is 4.58. The molecule has 1 N–H and O–H groups in total. The summed E-state index contributed by atoms with van der Waals surface area (Å²) in [5.74, 6) is -0.388. The van der Waals surface area contributed by atoms with E-state index in [1.54, 1.807) is 17.6 Å². The van der Waals surface area contributed by atoms with Gasteiger partial charge in [0.1, 0.15) is 5.69 Å². The summed E-state index contributed by atoms with van der Waals surface area (Å²) >= 11 is 4.91. The fourth-order valence-corrected chi connectivity index (χ4v) is 2.37. The van der Waals surface area contributed by atoms with Crippen LogP contribution in [-0.4, -0.2) is 22.1 Å². The molecule has 86 valence electrons. The number of rotatable bonds is 3. The third-order valence-corrected chi connectivity index (χ3v) is 3.56. The Balaban J connectivity index is 1.97. The minimum Gasteiger partial charge on any atom is -0.265 e. The number of hydrogen-bond donors (Lipinski definition) is 1. The van der Waals surface area contributed by atoms with Gasteiger partial charge in [-0.05, 0) is 15.9 Å². The van der Waals surface area contributed by atoms with Crippen LogP contribution in [-0.2, 0) is 0 Å². The monoisotopic (exact) mass is 310 g/mol. The highest BCUT2D eigenvalue weighted by Gasteiger charge is 2.04. The molecule has 2 aromatic rings. The Morgan fingerprint density at radius 3 is 3.00 bits per heavy atom. The molecular weight excluding hydrogens is 304 g/mol. The fraction of sp³-hybridized carbons (Fsp3) is 0. The molecule has 2 rings (SSSR count). The lowest BCUT2D eigenvalue weighted by molar-refractivity contribution is 0.0950. The highest BCUT2D eigenvalue weighted by atomic mass is 79.9. The van der Waals surface area contributed by atoms with Gasteiger partial charge >= 0.3 is 0 Å². The van der Waals surface area contributed by atoms with Gasteiger partial charge in [-0.2, -0.15) is 16.4 Å². The second-order valence-electron chi connectivity index (χ2n) is 2.96. The van der Waals surface area contributed by atoms with Gasteiger partial charge in [-0.1, -0.05) is 0 Å². The van der Waals surface area contributed by atoms with E-state index in [0.29, 0.717) is 0 Å². The lowest BCUT2D eigenvalue weighted by Crippen LogP contribution is -2.19. The molecule has 0 saturated carbocycles. The number of carbonyl (C=O) groups excluding carboxylic acids is 1. The van der Waals surface area contributed by atoms with Crippen molar-refractivity contribution in [2.75, 3.05) is 0 Å². The number of nitrogens with one attached hydrogen (secondary N) is 1. The number of hydrazone groups is 1. The van der Waals surface area contributed by atoms with Gasteiger partial charge in [0.15, 0.2) is 0 Å². The fourth-order valence-electron chi connectivity index (χ4n) is 1.02. The van der Waals surface area contributed by atoms with E-state index in [-0.39, 0.29) is 11.6 Å². The predicted molar refractivity (Wildman–Crippen MR) is 69.1 cm³/mol. The Labute approximate surface area is 110 Å². The molecule has 0 bridgehead atoms. The number of thiophene rings is 1. The SMILES string of the molecule is O=C(NN=Cc1cscc1Br)c1cnccn1. The molecule has 0 aromatic carbocycles. The molecule has 5 nitrogen and oxygen atoms in total. The van der Waals surface area contributed by atoms with Gasteiger partial charge in [-0.25, -0.2) is 10.4 Å². The van der Waals surface area contributed by atoms with Crippen molar-refractivity contribution in [3.8, 4) is 0 Å². The van der Waals surface area contributed by atoms with Gasteiger partial charge in [0.2, 0.25) is 0 Å². The molecule has 17 heavy (non-hydrogen) atoms. The summed E-state index contributed by atoms with van der Waals surface area (Å²) in [6.07, 6.45) is 5.90. The molecule has 0 unspecified atom stereocenters. The Kier molecular flexibility index (Phi) is 3.94. The van der Waals surface area contributed by atoms with Crippen LogP contribution in [0.3, 0.4) is 0 Å². The van der Waals surface area contributed by atoms with E-state index in [0.717, 1.165) is 10.0 Å². The summed E-state index contributed by atoms with van der Waals surface area (Å²) in [4.78, 5) is 19.2. The van der Waals surface area contributed by atoms with E-state index in [2.05, 4.69) is 36.4 Å². The van der Waals surface area contributed by atoms with Gasteiger partial charge in [0.05, 0.1) is 12.4 Å². The predicted octanol–water partition coefficient (Wildman–Crippen LogP) is 2.06. The second-order valence-corrected chi connectivity index (χ2v) is 4.56. The van der Waals surface area contributed by atoms with Gasteiger partial charge in [-0.3, -0.25) is 9.78 Å². The number of hydrogen-bond acceptors (Lipinski definition) is 5. The van der Waals surface area contributed by atoms with Gasteiger partial charge in [0, 0.05) is 33.2 Å². The second kappa shape index (κ2) is 5.65. The Hall–Kier alpha value is -1.60. The highest BCUT2D eigenvalue weighted by Crippen LogP contribution is 2.18. The van der Waals surface area contributed by atoms with Crippen LogP contribution in [0.1, 0.15) is 16.1 Å². The quantitative estimate of drug-likeness (QED) is 0.697. The normalized spacial score (nSPS) is 10.6. The van der Waals surface area contributed by atoms with Crippen molar-refractivity contribution in [3.05, 3.63) is 45.1 Å². The smallest absolute Gasteiger partial charge is 0.265 e. The Morgan fingerprint density at radius 1 is 1.47 bits per heavy atom. The van der Waals surface area contributed by atoms with E-state index < -0.39 is 0 Å². The van der Waals surface area contributed by atoms with Gasteiger partial charge in [0.25, 0.3) is 5.91 Å². The maximum atomic E-state index is 11.5. The van der Waals surface area contributed by atoms with E-state index in [1.807, 2.05) is 10.8 Å². The zero-order chi connectivity index (χ0) is 12.1. The topological polar surface area (TPSA) is 67.2 Å². The van der Waals surface area contributed by atoms with E-state index in [4.69, 9.17) is 0 Å². The Morgan fingerprint density at radius 2 is 2.35 bits per heavy atom. The summed E-state index contributed by atoms with van der Waals surface area (Å²) in [6.45, 7) is 0. The summed E-state index contributed by atoms with van der Waals surface area (Å²) < 4.78 is 0.944. The average Bonchev–Trinajstić information content (AvgIpc) is 2.76. The molecule has 0 aliphatic carbocycles. The largest absolute Gasteiger partial charge is 0.291 e. The van der Waals surface area contributed by atoms with Crippen LogP contribution in [0.2, 0.25) is 0 Å². The molecule has 2 heterocycles. The number of amides is 1. The first kappa shape index (κ1) is 11.9. The number of nitrogens with zero attached hydrogens (tertiary/aromatic N) is 3. The van der Waals surface area contributed by atoms with E-state index in [1.165, 1.54) is 18.6 Å². The molecule has 0 radical (unpaired) electrons. The molecule has 0 saturated heterocycles. The van der Waals surface area contributed by atoms with Crippen LogP contribution in [0.5, 0.6) is 0 Å². The standard InChI is InChI=1S/C10H7BrN4OS/c11-8-6-17-5-7(8)3-14-15-10(16)9-4-12-1-2-13-9/h1-6H,(H,15,16). The van der Waals surface area contributed by atoms with Crippen molar-refractivity contribution >= 4 is 39.4 Å². The third kappa shape index (κ3) is 3.18. The number of aromatic nitrogens is 2. The lowest BCUT2D eigenvalue weighted by Gasteiger charge is -1.96. The van der Waals surface area contributed by atoms with Crippen molar-refractivity contribution in [2.45, 2.75) is 0 Å². The van der Waals surface area contributed by atoms with Crippen molar-refractivity contribution in [1.29, 1.82) is 0 Å². The van der Waals surface area contributed by atoms with Crippen LogP contribution in [0.25, 0.3) is 0 Å². The molecule has 2 aromatic heterocycles. The molecule has 0 aliphatic rings. The lowest BCUT2D eigenvalue weighted by atomic mass is 10.4. The number of halogens is 1. The van der Waals surface area contributed by atoms with E-state index >= 15 is 0 Å². The molecule has 0 spiro atoms. The minimum absolute atomic E-state index is 0.231. The first-order valence-corrected chi connectivity index (χ1v) is 6.32. The molecule has 0 aliphatic heterocycles. The maximum absolute atomic E-state index is 11.5. The summed E-state index contributed by atoms with van der Waals surface area (Å²) in [6, 6.07) is 0. The van der Waals surface area contributed by atoms with Gasteiger partial charge < -0.3 is 0 Å². The zero-order valence-electron chi connectivity index (χ0n) is 8.50. The summed E-state index contributed by atoms with van der Waals surface area (Å²) in [5, 5.41) is 7.69. The third-order valence-electron chi connectivity index (χ3n) is 1.81. The molecule has 0 fully saturated rings. The van der Waals surface area contributed by atoms with Crippen LogP contribution in [0.15, 0.2) is 38.9 Å². The summed E-state index contributed by atoms with van der Waals surface area (Å²) in [5.41, 5.74) is 3.52. The van der Waals surface area contributed by atoms with E-state index in [9.17, 15) is 4.79 Å². The van der Waals surface area contributed by atoms with Crippen LogP contribution in [0, 0.1) is 0 Å². The molecule has 0 atom stereocenters. The Bertz CT molecular complexity index is 540. The van der Waals surface area contributed by atoms with Crippen molar-refractivity contribution in [2.24, 2.45) is 5.10 Å². The minimum atomic E-state index is -0.388. The molecule has 1 amide bonds. The van der Waals surface area contributed by atoms with Crippen molar-refractivity contribution < 1.29 is 4.79 Å². The van der Waals surface area contributed by atoms with Crippen molar-refractivity contribution in [1.82, 2.24) is 15.4 Å². The highest BCUT2D eigenvalue weighted by molar-refractivity contribution is 9.10. The maximum Gasteiger partial charge on any atom is 0.291 e. The van der Waals surface area contributed by atoms with Crippen molar-refractivity contribution in [3.63, 3.8) is 0 Å². The molecule has 7 heteroatoms. The number of carbonyl (C=O) groups is 1. The van der Waals surface area contributed by atoms with Crippen LogP contribution in [0.4, 0.5) is 0 Å². The van der Waals surface area contributed by atoms with Crippen LogP contribution < -0.4 is 5.43 Å².